The van der Waals surface area contributed by atoms with Crippen LogP contribution >= 0.6 is 0 Å². The van der Waals surface area contributed by atoms with E-state index in [1.807, 2.05) is 43.7 Å². The molecule has 3 aromatic carbocycles. The molecule has 0 bridgehead atoms. The van der Waals surface area contributed by atoms with Gasteiger partial charge in [0.05, 0.1) is 29.2 Å². The minimum Gasteiger partial charge on any atom is -0.296 e. The molecule has 30 heavy (non-hydrogen) atoms. The van der Waals surface area contributed by atoms with E-state index in [1.54, 1.807) is 6.33 Å². The number of aromatic nitrogens is 4. The molecule has 0 saturated heterocycles. The van der Waals surface area contributed by atoms with Crippen molar-refractivity contribution >= 4 is 21.9 Å². The van der Waals surface area contributed by atoms with E-state index < -0.39 is 6.85 Å². The second kappa shape index (κ2) is 5.99. The topological polar surface area (TPSA) is 34.6 Å². The van der Waals surface area contributed by atoms with E-state index in [9.17, 15) is 0 Å². The van der Waals surface area contributed by atoms with Crippen molar-refractivity contribution in [3.05, 3.63) is 82.9 Å². The Morgan fingerprint density at radius 1 is 1.10 bits per heavy atom. The van der Waals surface area contributed by atoms with Crippen LogP contribution in [0.5, 0.6) is 0 Å². The Bertz CT molecular complexity index is 1610. The van der Waals surface area contributed by atoms with Crippen LogP contribution in [0.15, 0.2) is 54.9 Å². The lowest BCUT2D eigenvalue weighted by Crippen LogP contribution is -2.32. The standard InChI is InChI=1S/C26H23N4/c1-15-9-10-19-20(11-15)27-14-29(4)26(19)24-17(3)16(2)12-22-25(24)28-23-13-18-7-5-6-8-21(18)30(22)23/h5-12,14H,13H2,1-4H3/q+1/i2D3. The zero-order valence-electron chi connectivity index (χ0n) is 20.2. The molecule has 0 saturated carbocycles. The van der Waals surface area contributed by atoms with E-state index in [4.69, 9.17) is 9.10 Å². The van der Waals surface area contributed by atoms with E-state index in [0.717, 1.165) is 62.3 Å². The van der Waals surface area contributed by atoms with Gasteiger partial charge in [0, 0.05) is 10.5 Å². The lowest BCUT2D eigenvalue weighted by atomic mass is 9.95. The highest BCUT2D eigenvalue weighted by Gasteiger charge is 2.27. The summed E-state index contributed by atoms with van der Waals surface area (Å²) in [5, 5.41) is 0.978. The predicted octanol–water partition coefficient (Wildman–Crippen LogP) is 4.89. The van der Waals surface area contributed by atoms with Gasteiger partial charge in [-0.2, -0.15) is 0 Å². The van der Waals surface area contributed by atoms with Crippen LogP contribution < -0.4 is 4.57 Å². The Labute approximate surface area is 179 Å². The van der Waals surface area contributed by atoms with Gasteiger partial charge in [0.1, 0.15) is 17.0 Å². The molecule has 146 valence electrons. The minimum atomic E-state index is -2.24. The number of hydrogen-bond donors (Lipinski definition) is 0. The molecule has 0 fully saturated rings. The highest BCUT2D eigenvalue weighted by atomic mass is 15.1. The molecule has 0 radical (unpaired) electrons. The zero-order valence-corrected chi connectivity index (χ0v) is 17.2. The maximum Gasteiger partial charge on any atom is 0.287 e. The predicted molar refractivity (Wildman–Crippen MR) is 120 cm³/mol. The maximum atomic E-state index is 8.27. The van der Waals surface area contributed by atoms with Crippen molar-refractivity contribution in [1.29, 1.82) is 0 Å². The zero-order chi connectivity index (χ0) is 23.1. The van der Waals surface area contributed by atoms with Crippen LogP contribution in [-0.2, 0) is 13.5 Å². The van der Waals surface area contributed by atoms with E-state index in [-0.39, 0.29) is 0 Å². The molecule has 1 aliphatic heterocycles. The second-order valence-electron chi connectivity index (χ2n) is 8.19. The van der Waals surface area contributed by atoms with Crippen LogP contribution in [0.4, 0.5) is 0 Å². The van der Waals surface area contributed by atoms with Crippen LogP contribution in [0.1, 0.15) is 32.2 Å². The smallest absolute Gasteiger partial charge is 0.287 e. The van der Waals surface area contributed by atoms with Crippen LogP contribution in [0.2, 0.25) is 0 Å². The Morgan fingerprint density at radius 2 is 1.97 bits per heavy atom. The molecule has 4 nitrogen and oxygen atoms in total. The number of aryl methyl sites for hydroxylation is 3. The van der Waals surface area contributed by atoms with Crippen molar-refractivity contribution in [1.82, 2.24) is 14.5 Å². The van der Waals surface area contributed by atoms with E-state index >= 15 is 0 Å². The van der Waals surface area contributed by atoms with Gasteiger partial charge in [0.15, 0.2) is 5.52 Å². The van der Waals surface area contributed by atoms with E-state index in [0.29, 0.717) is 5.56 Å². The summed E-state index contributed by atoms with van der Waals surface area (Å²) < 4.78 is 28.9. The number of rotatable bonds is 1. The van der Waals surface area contributed by atoms with Crippen molar-refractivity contribution in [2.75, 3.05) is 0 Å². The third-order valence-electron chi connectivity index (χ3n) is 6.23. The van der Waals surface area contributed by atoms with Gasteiger partial charge in [-0.05, 0) is 72.2 Å². The molecule has 0 aliphatic carbocycles. The fourth-order valence-corrected chi connectivity index (χ4v) is 4.74. The summed E-state index contributed by atoms with van der Waals surface area (Å²) in [7, 11) is 1.95. The summed E-state index contributed by atoms with van der Waals surface area (Å²) in [4.78, 5) is 9.69. The third kappa shape index (κ3) is 2.25. The summed E-state index contributed by atoms with van der Waals surface area (Å²) in [6, 6.07) is 16.2. The first-order chi connectivity index (χ1) is 15.7. The highest BCUT2D eigenvalue weighted by molar-refractivity contribution is 6.02. The first-order valence-corrected chi connectivity index (χ1v) is 10.1. The molecule has 0 spiro atoms. The molecule has 5 aromatic rings. The molecule has 3 heterocycles. The molecular weight excluding hydrogens is 368 g/mol. The quantitative estimate of drug-likeness (QED) is 0.372. The number of benzene rings is 3. The van der Waals surface area contributed by atoms with Gasteiger partial charge < -0.3 is 0 Å². The summed E-state index contributed by atoms with van der Waals surface area (Å²) in [5.74, 6) is 0.936. The molecule has 0 amide bonds. The van der Waals surface area contributed by atoms with Crippen LogP contribution in [0.25, 0.3) is 38.9 Å². The van der Waals surface area contributed by atoms with Crippen molar-refractivity contribution in [2.45, 2.75) is 27.1 Å². The summed E-state index contributed by atoms with van der Waals surface area (Å²) in [5.41, 5.74) is 8.82. The molecule has 6 rings (SSSR count). The van der Waals surface area contributed by atoms with Gasteiger partial charge in [-0.15, -0.1) is 0 Å². The van der Waals surface area contributed by atoms with Crippen LogP contribution in [-0.4, -0.2) is 14.5 Å². The Kier molecular flexibility index (Phi) is 2.88. The van der Waals surface area contributed by atoms with Gasteiger partial charge in [0.25, 0.3) is 6.33 Å². The molecule has 2 aromatic heterocycles. The van der Waals surface area contributed by atoms with Crippen molar-refractivity contribution in [2.24, 2.45) is 7.05 Å². The van der Waals surface area contributed by atoms with Crippen molar-refractivity contribution < 1.29 is 8.68 Å². The number of fused-ring (bicyclic) bond motifs is 6. The average molecular weight is 395 g/mol. The fraction of sp³-hybridized carbons (Fsp3) is 0.192. The second-order valence-corrected chi connectivity index (χ2v) is 8.19. The average Bonchev–Trinajstić information content (AvgIpc) is 3.29. The maximum absolute atomic E-state index is 8.27. The fourth-order valence-electron chi connectivity index (χ4n) is 4.74. The lowest BCUT2D eigenvalue weighted by Gasteiger charge is -2.13. The first kappa shape index (κ1) is 14.5. The number of hydrogen-bond acceptors (Lipinski definition) is 2. The van der Waals surface area contributed by atoms with Gasteiger partial charge in [-0.3, -0.25) is 4.57 Å². The van der Waals surface area contributed by atoms with E-state index in [1.165, 1.54) is 5.56 Å². The normalized spacial score (nSPS) is 14.4. The van der Waals surface area contributed by atoms with Crippen molar-refractivity contribution in [3.63, 3.8) is 0 Å². The number of imidazole rings is 1. The molecular formula is C26H23N4+. The molecule has 1 aliphatic rings. The summed E-state index contributed by atoms with van der Waals surface area (Å²) >= 11 is 0. The van der Waals surface area contributed by atoms with Gasteiger partial charge in [-0.25, -0.2) is 9.55 Å². The first-order valence-electron chi connectivity index (χ1n) is 11.6. The Balaban J connectivity index is 1.79. The van der Waals surface area contributed by atoms with Crippen molar-refractivity contribution in [3.8, 4) is 16.9 Å². The molecule has 0 N–H and O–H groups in total. The SMILES string of the molecule is [2H]C([2H])([2H])c1cc2c(nc3n2-c2ccccc2C3)c(-c2c3ccc(C)cc3nc[n+]2C)c1C. The van der Waals surface area contributed by atoms with E-state index in [2.05, 4.69) is 39.9 Å². The lowest BCUT2D eigenvalue weighted by molar-refractivity contribution is -0.662. The number of para-hydroxylation sites is 1. The molecule has 4 heteroatoms. The highest BCUT2D eigenvalue weighted by Crippen LogP contribution is 2.39. The largest absolute Gasteiger partial charge is 0.296 e. The van der Waals surface area contributed by atoms with Gasteiger partial charge in [-0.1, -0.05) is 24.3 Å². The van der Waals surface area contributed by atoms with Gasteiger partial charge >= 0.3 is 0 Å². The van der Waals surface area contributed by atoms with Gasteiger partial charge in [0.2, 0.25) is 0 Å². The summed E-state index contributed by atoms with van der Waals surface area (Å²) in [6.45, 7) is 1.70. The molecule has 0 atom stereocenters. The monoisotopic (exact) mass is 394 g/mol. The summed E-state index contributed by atoms with van der Waals surface area (Å²) in [6.07, 6.45) is 2.53. The third-order valence-corrected chi connectivity index (χ3v) is 6.23. The Morgan fingerprint density at radius 3 is 2.83 bits per heavy atom. The minimum absolute atomic E-state index is 0.356. The molecule has 0 unspecified atom stereocenters. The number of nitrogens with zero attached hydrogens (tertiary/aromatic N) is 4. The van der Waals surface area contributed by atoms with Crippen LogP contribution in [0, 0.1) is 20.7 Å². The Hall–Kier alpha value is -3.53. The van der Waals surface area contributed by atoms with Crippen LogP contribution in [0.3, 0.4) is 0 Å².